The molecule has 0 saturated carbocycles. The van der Waals surface area contributed by atoms with Gasteiger partial charge in [-0.3, -0.25) is 4.79 Å². The van der Waals surface area contributed by atoms with Crippen LogP contribution in [-0.2, 0) is 14.8 Å². The molecule has 2 aromatic rings. The van der Waals surface area contributed by atoms with Gasteiger partial charge in [0.05, 0.1) is 10.8 Å². The van der Waals surface area contributed by atoms with Crippen LogP contribution < -0.4 is 5.32 Å². The van der Waals surface area contributed by atoms with Crippen LogP contribution in [0.2, 0.25) is 0 Å². The van der Waals surface area contributed by atoms with E-state index >= 15 is 0 Å². The van der Waals surface area contributed by atoms with Gasteiger partial charge in [-0.25, -0.2) is 8.42 Å². The Kier molecular flexibility index (Phi) is 5.44. The molecule has 138 valence electrons. The molecule has 0 aliphatic carbocycles. The van der Waals surface area contributed by atoms with E-state index in [1.165, 1.54) is 4.31 Å². The van der Waals surface area contributed by atoms with Crippen molar-refractivity contribution in [2.75, 3.05) is 18.4 Å². The van der Waals surface area contributed by atoms with Gasteiger partial charge in [0.25, 0.3) is 0 Å². The maximum atomic E-state index is 12.9. The van der Waals surface area contributed by atoms with Crippen LogP contribution in [0.15, 0.2) is 53.4 Å². The summed E-state index contributed by atoms with van der Waals surface area (Å²) in [5, 5.41) is 2.90. The molecule has 1 aliphatic heterocycles. The van der Waals surface area contributed by atoms with Gasteiger partial charge >= 0.3 is 0 Å². The van der Waals surface area contributed by atoms with Crippen molar-refractivity contribution >= 4 is 21.6 Å². The third kappa shape index (κ3) is 4.14. The highest BCUT2D eigenvalue weighted by Gasteiger charge is 2.33. The monoisotopic (exact) mass is 372 g/mol. The third-order valence-electron chi connectivity index (χ3n) is 4.73. The topological polar surface area (TPSA) is 66.5 Å². The molecule has 6 heteroatoms. The summed E-state index contributed by atoms with van der Waals surface area (Å²) in [6, 6.07) is 14.4. The molecule has 1 saturated heterocycles. The van der Waals surface area contributed by atoms with Gasteiger partial charge in [0.2, 0.25) is 15.9 Å². The lowest BCUT2D eigenvalue weighted by Crippen LogP contribution is -2.43. The van der Waals surface area contributed by atoms with E-state index in [1.807, 2.05) is 38.1 Å². The maximum Gasteiger partial charge on any atom is 0.243 e. The summed E-state index contributed by atoms with van der Waals surface area (Å²) in [4.78, 5) is 12.9. The van der Waals surface area contributed by atoms with Crippen LogP contribution in [0.1, 0.15) is 24.0 Å². The SMILES string of the molecule is Cc1ccc(NC(=O)[C@H]2CCCN(S(=O)(=O)c3ccc(C)cc3)C2)cc1. The Morgan fingerprint density at radius 2 is 1.58 bits per heavy atom. The summed E-state index contributed by atoms with van der Waals surface area (Å²) in [5.74, 6) is -0.470. The molecule has 1 aliphatic rings. The average Bonchev–Trinajstić information content (AvgIpc) is 2.64. The first-order valence-electron chi connectivity index (χ1n) is 8.80. The van der Waals surface area contributed by atoms with Crippen molar-refractivity contribution in [3.05, 3.63) is 59.7 Å². The minimum atomic E-state index is -3.57. The van der Waals surface area contributed by atoms with Crippen LogP contribution in [0.4, 0.5) is 5.69 Å². The molecule has 1 amide bonds. The number of rotatable bonds is 4. The minimum Gasteiger partial charge on any atom is -0.326 e. The Morgan fingerprint density at radius 3 is 2.19 bits per heavy atom. The molecule has 5 nitrogen and oxygen atoms in total. The Bertz CT molecular complexity index is 874. The number of aryl methyl sites for hydroxylation is 2. The number of nitrogens with one attached hydrogen (secondary N) is 1. The number of nitrogens with zero attached hydrogens (tertiary/aromatic N) is 1. The van der Waals surface area contributed by atoms with Gasteiger partial charge in [0, 0.05) is 18.8 Å². The highest BCUT2D eigenvalue weighted by atomic mass is 32.2. The number of sulfonamides is 1. The Hall–Kier alpha value is -2.18. The number of hydrogen-bond acceptors (Lipinski definition) is 3. The molecule has 26 heavy (non-hydrogen) atoms. The van der Waals surface area contributed by atoms with E-state index in [0.29, 0.717) is 19.4 Å². The molecular formula is C20H24N2O3S. The first-order valence-corrected chi connectivity index (χ1v) is 10.2. The van der Waals surface area contributed by atoms with E-state index in [9.17, 15) is 13.2 Å². The molecule has 0 radical (unpaired) electrons. The third-order valence-corrected chi connectivity index (χ3v) is 6.61. The molecule has 0 aromatic heterocycles. The number of anilines is 1. The second-order valence-corrected chi connectivity index (χ2v) is 8.81. The zero-order valence-corrected chi connectivity index (χ0v) is 15.9. The van der Waals surface area contributed by atoms with E-state index in [0.717, 1.165) is 16.8 Å². The van der Waals surface area contributed by atoms with Crippen LogP contribution >= 0.6 is 0 Å². The molecule has 0 unspecified atom stereocenters. The number of amides is 1. The summed E-state index contributed by atoms with van der Waals surface area (Å²) in [5.41, 5.74) is 2.87. The minimum absolute atomic E-state index is 0.127. The molecule has 1 atom stereocenters. The van der Waals surface area contributed by atoms with Gasteiger partial charge in [-0.15, -0.1) is 0 Å². The lowest BCUT2D eigenvalue weighted by molar-refractivity contribution is -0.120. The quantitative estimate of drug-likeness (QED) is 0.895. The fourth-order valence-electron chi connectivity index (χ4n) is 3.12. The van der Waals surface area contributed by atoms with Crippen LogP contribution in [0.5, 0.6) is 0 Å². The van der Waals surface area contributed by atoms with Gasteiger partial charge in [0.15, 0.2) is 0 Å². The molecular weight excluding hydrogens is 348 g/mol. The van der Waals surface area contributed by atoms with Crippen LogP contribution in [-0.4, -0.2) is 31.7 Å². The van der Waals surface area contributed by atoms with E-state index in [-0.39, 0.29) is 23.3 Å². The summed E-state index contributed by atoms with van der Waals surface area (Å²) >= 11 is 0. The zero-order chi connectivity index (χ0) is 18.7. The summed E-state index contributed by atoms with van der Waals surface area (Å²) < 4.78 is 27.1. The second-order valence-electron chi connectivity index (χ2n) is 6.87. The van der Waals surface area contributed by atoms with Crippen LogP contribution in [0.3, 0.4) is 0 Å². The van der Waals surface area contributed by atoms with E-state index < -0.39 is 10.0 Å². The van der Waals surface area contributed by atoms with Crippen molar-refractivity contribution in [2.24, 2.45) is 5.92 Å². The lowest BCUT2D eigenvalue weighted by atomic mass is 9.98. The van der Waals surface area contributed by atoms with Gasteiger partial charge in [0.1, 0.15) is 0 Å². The largest absolute Gasteiger partial charge is 0.326 e. The highest BCUT2D eigenvalue weighted by Crippen LogP contribution is 2.25. The lowest BCUT2D eigenvalue weighted by Gasteiger charge is -2.31. The number of carbonyl (C=O) groups is 1. The van der Waals surface area contributed by atoms with E-state index in [1.54, 1.807) is 24.3 Å². The summed E-state index contributed by atoms with van der Waals surface area (Å²) in [7, 11) is -3.57. The molecule has 3 rings (SSSR count). The van der Waals surface area contributed by atoms with E-state index in [2.05, 4.69) is 5.32 Å². The van der Waals surface area contributed by atoms with Crippen LogP contribution in [0, 0.1) is 19.8 Å². The Morgan fingerprint density at radius 1 is 1.00 bits per heavy atom. The predicted octanol–water partition coefficient (Wildman–Crippen LogP) is 3.34. The van der Waals surface area contributed by atoms with Crippen molar-refractivity contribution in [3.8, 4) is 0 Å². The molecule has 1 fully saturated rings. The molecule has 0 spiro atoms. The van der Waals surface area contributed by atoms with E-state index in [4.69, 9.17) is 0 Å². The molecule has 0 bridgehead atoms. The second kappa shape index (κ2) is 7.60. The fraction of sp³-hybridized carbons (Fsp3) is 0.350. The predicted molar refractivity (Wildman–Crippen MR) is 102 cm³/mol. The Labute approximate surface area is 155 Å². The number of piperidine rings is 1. The standard InChI is InChI=1S/C20H24N2O3S/c1-15-5-9-18(10-6-15)21-20(23)17-4-3-13-22(14-17)26(24,25)19-11-7-16(2)8-12-19/h5-12,17H,3-4,13-14H2,1-2H3,(H,21,23)/t17-/m0/s1. The summed E-state index contributed by atoms with van der Waals surface area (Å²) in [6.45, 7) is 4.57. The zero-order valence-electron chi connectivity index (χ0n) is 15.1. The normalized spacial score (nSPS) is 18.5. The smallest absolute Gasteiger partial charge is 0.243 e. The molecule has 2 aromatic carbocycles. The average molecular weight is 372 g/mol. The number of hydrogen-bond donors (Lipinski definition) is 1. The van der Waals surface area contributed by atoms with Gasteiger partial charge in [-0.05, 0) is 51.0 Å². The van der Waals surface area contributed by atoms with Crippen LogP contribution in [0.25, 0.3) is 0 Å². The van der Waals surface area contributed by atoms with Crippen molar-refractivity contribution in [2.45, 2.75) is 31.6 Å². The van der Waals surface area contributed by atoms with Gasteiger partial charge < -0.3 is 5.32 Å². The fourth-order valence-corrected chi connectivity index (χ4v) is 4.64. The first kappa shape index (κ1) is 18.6. The van der Waals surface area contributed by atoms with Crippen molar-refractivity contribution < 1.29 is 13.2 Å². The maximum absolute atomic E-state index is 12.9. The molecule has 1 heterocycles. The number of benzene rings is 2. The number of carbonyl (C=O) groups excluding carboxylic acids is 1. The summed E-state index contributed by atoms with van der Waals surface area (Å²) in [6.07, 6.45) is 1.37. The van der Waals surface area contributed by atoms with Crippen molar-refractivity contribution in [1.82, 2.24) is 4.31 Å². The van der Waals surface area contributed by atoms with Crippen molar-refractivity contribution in [3.63, 3.8) is 0 Å². The Balaban J connectivity index is 1.71. The van der Waals surface area contributed by atoms with Gasteiger partial charge in [-0.1, -0.05) is 35.4 Å². The first-order chi connectivity index (χ1) is 12.4. The molecule has 1 N–H and O–H groups in total. The van der Waals surface area contributed by atoms with Crippen molar-refractivity contribution in [1.29, 1.82) is 0 Å². The highest BCUT2D eigenvalue weighted by molar-refractivity contribution is 7.89. The van der Waals surface area contributed by atoms with Gasteiger partial charge in [-0.2, -0.15) is 4.31 Å².